The van der Waals surface area contributed by atoms with Gasteiger partial charge >= 0.3 is 0 Å². The molecule has 5 heterocycles. The summed E-state index contributed by atoms with van der Waals surface area (Å²) in [5.74, 6) is 2.39. The van der Waals surface area contributed by atoms with E-state index >= 15 is 0 Å². The molecule has 33 heavy (non-hydrogen) atoms. The van der Waals surface area contributed by atoms with E-state index in [1.807, 2.05) is 24.5 Å². The normalized spacial score (nSPS) is 17.1. The molecular formula is C26H27FN6. The van der Waals surface area contributed by atoms with Crippen LogP contribution in [0.15, 0.2) is 61.1 Å². The summed E-state index contributed by atoms with van der Waals surface area (Å²) < 4.78 is 17.8. The maximum Gasteiger partial charge on any atom is 0.161 e. The fourth-order valence-electron chi connectivity index (χ4n) is 5.18. The third kappa shape index (κ3) is 3.62. The minimum Gasteiger partial charge on any atom is -0.356 e. The van der Waals surface area contributed by atoms with E-state index < -0.39 is 0 Å². The minimum atomic E-state index is -0.226. The van der Waals surface area contributed by atoms with Gasteiger partial charge in [-0.25, -0.2) is 14.4 Å². The summed E-state index contributed by atoms with van der Waals surface area (Å²) in [6.45, 7) is 3.87. The largest absolute Gasteiger partial charge is 0.356 e. The van der Waals surface area contributed by atoms with Gasteiger partial charge in [0.1, 0.15) is 11.6 Å². The highest BCUT2D eigenvalue weighted by molar-refractivity contribution is 5.71. The number of aromatic nitrogens is 4. The molecule has 1 atom stereocenters. The molecule has 6 rings (SSSR count). The predicted octanol–water partition coefficient (Wildman–Crippen LogP) is 4.29. The summed E-state index contributed by atoms with van der Waals surface area (Å²) in [7, 11) is 4.28. The Hall–Kier alpha value is -3.45. The molecule has 0 amide bonds. The number of anilines is 1. The summed E-state index contributed by atoms with van der Waals surface area (Å²) in [4.78, 5) is 14.5. The van der Waals surface area contributed by atoms with E-state index in [9.17, 15) is 4.39 Å². The summed E-state index contributed by atoms with van der Waals surface area (Å²) in [5.41, 5.74) is 5.17. The molecule has 0 saturated carbocycles. The van der Waals surface area contributed by atoms with Crippen LogP contribution in [0.5, 0.6) is 0 Å². The van der Waals surface area contributed by atoms with Gasteiger partial charge in [0.05, 0.1) is 23.6 Å². The molecule has 3 aromatic heterocycles. The van der Waals surface area contributed by atoms with E-state index in [0.29, 0.717) is 12.5 Å². The van der Waals surface area contributed by atoms with Gasteiger partial charge in [-0.3, -0.25) is 4.57 Å². The minimum absolute atomic E-state index is 0.226. The van der Waals surface area contributed by atoms with E-state index in [-0.39, 0.29) is 5.82 Å². The van der Waals surface area contributed by atoms with Crippen LogP contribution in [0.25, 0.3) is 28.3 Å². The molecule has 4 aromatic rings. The molecule has 1 unspecified atom stereocenters. The van der Waals surface area contributed by atoms with E-state index in [0.717, 1.165) is 59.5 Å². The van der Waals surface area contributed by atoms with Crippen molar-refractivity contribution in [2.75, 3.05) is 38.6 Å². The van der Waals surface area contributed by atoms with Gasteiger partial charge in [0, 0.05) is 43.8 Å². The summed E-state index contributed by atoms with van der Waals surface area (Å²) in [6.07, 6.45) is 7.15. The van der Waals surface area contributed by atoms with Gasteiger partial charge in [0.2, 0.25) is 0 Å². The molecule has 0 spiro atoms. The maximum absolute atomic E-state index is 13.4. The van der Waals surface area contributed by atoms with E-state index in [2.05, 4.69) is 62.4 Å². The average Bonchev–Trinajstić information content (AvgIpc) is 3.53. The number of benzene rings is 1. The monoisotopic (exact) mass is 442 g/mol. The van der Waals surface area contributed by atoms with Crippen LogP contribution in [0, 0.1) is 11.7 Å². The number of rotatable bonds is 4. The summed E-state index contributed by atoms with van der Waals surface area (Å²) in [5, 5.41) is 0. The van der Waals surface area contributed by atoms with Gasteiger partial charge in [0.25, 0.3) is 0 Å². The first-order chi connectivity index (χ1) is 16.0. The first-order valence-corrected chi connectivity index (χ1v) is 11.4. The second-order valence-corrected chi connectivity index (χ2v) is 9.37. The van der Waals surface area contributed by atoms with Crippen molar-refractivity contribution in [2.24, 2.45) is 5.92 Å². The third-order valence-corrected chi connectivity index (χ3v) is 6.69. The molecule has 6 nitrogen and oxygen atoms in total. The van der Waals surface area contributed by atoms with E-state index in [1.54, 1.807) is 0 Å². The SMILES string of the molecule is CN(C)CC1CCN(c2ccc3c(n2)Cn2cc(-c4ccc(F)cc4)cc2-c2nccn2-3)C1. The second-order valence-electron chi connectivity index (χ2n) is 9.37. The third-order valence-electron chi connectivity index (χ3n) is 6.69. The molecule has 0 radical (unpaired) electrons. The smallest absolute Gasteiger partial charge is 0.161 e. The molecule has 1 saturated heterocycles. The Morgan fingerprint density at radius 3 is 2.76 bits per heavy atom. The van der Waals surface area contributed by atoms with Crippen molar-refractivity contribution in [1.29, 1.82) is 0 Å². The van der Waals surface area contributed by atoms with Crippen LogP contribution < -0.4 is 4.90 Å². The molecule has 0 bridgehead atoms. The molecular weight excluding hydrogens is 415 g/mol. The van der Waals surface area contributed by atoms with Crippen molar-refractivity contribution in [3.8, 4) is 28.3 Å². The number of nitrogens with zero attached hydrogens (tertiary/aromatic N) is 6. The zero-order valence-electron chi connectivity index (χ0n) is 18.9. The number of halogens is 1. The van der Waals surface area contributed by atoms with Crippen molar-refractivity contribution >= 4 is 5.82 Å². The zero-order chi connectivity index (χ0) is 22.5. The summed E-state index contributed by atoms with van der Waals surface area (Å²) in [6, 6.07) is 13.1. The lowest BCUT2D eigenvalue weighted by atomic mass is 10.1. The highest BCUT2D eigenvalue weighted by atomic mass is 19.1. The lowest BCUT2D eigenvalue weighted by molar-refractivity contribution is 0.340. The Morgan fingerprint density at radius 2 is 1.94 bits per heavy atom. The van der Waals surface area contributed by atoms with Crippen LogP contribution in [0.2, 0.25) is 0 Å². The Balaban J connectivity index is 1.37. The molecule has 0 aliphatic carbocycles. The molecule has 2 aliphatic rings. The number of pyridine rings is 1. The van der Waals surface area contributed by atoms with Gasteiger partial charge in [-0.1, -0.05) is 12.1 Å². The van der Waals surface area contributed by atoms with Gasteiger partial charge in [-0.05, 0) is 62.3 Å². The lowest BCUT2D eigenvalue weighted by Crippen LogP contribution is -2.26. The molecule has 1 fully saturated rings. The average molecular weight is 443 g/mol. The maximum atomic E-state index is 13.4. The van der Waals surface area contributed by atoms with Crippen LogP contribution in [-0.4, -0.2) is 57.7 Å². The number of fused-ring (bicyclic) bond motifs is 5. The predicted molar refractivity (Wildman–Crippen MR) is 128 cm³/mol. The van der Waals surface area contributed by atoms with Crippen molar-refractivity contribution in [3.63, 3.8) is 0 Å². The van der Waals surface area contributed by atoms with Crippen molar-refractivity contribution in [3.05, 3.63) is 72.6 Å². The first kappa shape index (κ1) is 20.2. The van der Waals surface area contributed by atoms with Crippen LogP contribution in [0.3, 0.4) is 0 Å². The van der Waals surface area contributed by atoms with Crippen LogP contribution in [-0.2, 0) is 6.54 Å². The topological polar surface area (TPSA) is 42.1 Å². The highest BCUT2D eigenvalue weighted by Gasteiger charge is 2.26. The molecule has 2 aliphatic heterocycles. The van der Waals surface area contributed by atoms with Gasteiger partial charge in [0.15, 0.2) is 5.82 Å². The van der Waals surface area contributed by atoms with Crippen molar-refractivity contribution in [1.82, 2.24) is 24.0 Å². The van der Waals surface area contributed by atoms with Crippen LogP contribution in [0.4, 0.5) is 10.2 Å². The standard InChI is InChI=1S/C26H27FN6/c1-30(2)14-18-9-11-31(15-18)25-8-7-23-22(29-25)17-32-16-20(19-3-5-21(27)6-4-19)13-24(32)26-28-10-12-33(23)26/h3-8,10,12-13,16,18H,9,11,14-15,17H2,1-2H3. The Morgan fingerprint density at radius 1 is 1.09 bits per heavy atom. The molecule has 168 valence electrons. The zero-order valence-corrected chi connectivity index (χ0v) is 18.9. The van der Waals surface area contributed by atoms with E-state index in [4.69, 9.17) is 4.98 Å². The van der Waals surface area contributed by atoms with Crippen molar-refractivity contribution in [2.45, 2.75) is 13.0 Å². The Bertz CT molecular complexity index is 1300. The number of imidazole rings is 1. The van der Waals surface area contributed by atoms with Gasteiger partial charge in [-0.2, -0.15) is 0 Å². The fourth-order valence-corrected chi connectivity index (χ4v) is 5.18. The number of hydrogen-bond acceptors (Lipinski definition) is 4. The van der Waals surface area contributed by atoms with Gasteiger partial charge < -0.3 is 14.4 Å². The first-order valence-electron chi connectivity index (χ1n) is 11.4. The quantitative estimate of drug-likeness (QED) is 0.416. The summed E-state index contributed by atoms with van der Waals surface area (Å²) >= 11 is 0. The van der Waals surface area contributed by atoms with Crippen molar-refractivity contribution < 1.29 is 4.39 Å². The van der Waals surface area contributed by atoms with Gasteiger partial charge in [-0.15, -0.1) is 0 Å². The van der Waals surface area contributed by atoms with E-state index in [1.165, 1.54) is 18.6 Å². The molecule has 7 heteroatoms. The number of hydrogen-bond donors (Lipinski definition) is 0. The fraction of sp³-hybridized carbons (Fsp3) is 0.308. The second kappa shape index (κ2) is 7.85. The Kier molecular flexibility index (Phi) is 4.80. The van der Waals surface area contributed by atoms with Crippen LogP contribution in [0.1, 0.15) is 12.1 Å². The highest BCUT2D eigenvalue weighted by Crippen LogP contribution is 2.34. The molecule has 0 N–H and O–H groups in total. The lowest BCUT2D eigenvalue weighted by Gasteiger charge is -2.21. The molecule has 1 aromatic carbocycles. The van der Waals surface area contributed by atoms with Crippen LogP contribution >= 0.6 is 0 Å². The Labute approximate surface area is 192 Å².